The molecule has 1 atom stereocenters. The van der Waals surface area contributed by atoms with Gasteiger partial charge in [-0.25, -0.2) is 8.42 Å². The van der Waals surface area contributed by atoms with Gasteiger partial charge in [0.05, 0.1) is 12.8 Å². The minimum Gasteiger partial charge on any atom is -0.465 e. The van der Waals surface area contributed by atoms with Gasteiger partial charge in [-0.3, -0.25) is 4.90 Å². The third kappa shape index (κ3) is 3.24. The highest BCUT2D eigenvalue weighted by Crippen LogP contribution is 2.38. The van der Waals surface area contributed by atoms with Crippen LogP contribution in [0.1, 0.15) is 43.6 Å². The van der Waals surface area contributed by atoms with Crippen LogP contribution >= 0.6 is 0 Å². The molecule has 5 nitrogen and oxygen atoms in total. The summed E-state index contributed by atoms with van der Waals surface area (Å²) >= 11 is 0. The van der Waals surface area contributed by atoms with Gasteiger partial charge in [-0.15, -0.1) is 0 Å². The standard InChI is InChI=1S/C16H26N2O3S/c1-14-6-7-15(21-14)12-17-10-5-9-16(13-17)8-3-4-11-18(16)22(2,19)20/h6-7H,3-5,8-13H2,1-2H3/t16-/m1/s1. The van der Waals surface area contributed by atoms with E-state index in [9.17, 15) is 8.42 Å². The number of likely N-dealkylation sites (tertiary alicyclic amines) is 1. The Labute approximate surface area is 133 Å². The molecular weight excluding hydrogens is 300 g/mol. The van der Waals surface area contributed by atoms with Gasteiger partial charge in [-0.1, -0.05) is 6.42 Å². The lowest BCUT2D eigenvalue weighted by Gasteiger charge is -2.50. The Morgan fingerprint density at radius 2 is 1.95 bits per heavy atom. The summed E-state index contributed by atoms with van der Waals surface area (Å²) < 4.78 is 31.9. The summed E-state index contributed by atoms with van der Waals surface area (Å²) in [4.78, 5) is 2.35. The van der Waals surface area contributed by atoms with Crippen molar-refractivity contribution >= 4 is 10.0 Å². The lowest BCUT2D eigenvalue weighted by atomic mass is 9.81. The zero-order valence-electron chi connectivity index (χ0n) is 13.5. The minimum absolute atomic E-state index is 0.203. The Morgan fingerprint density at radius 1 is 1.18 bits per heavy atom. The topological polar surface area (TPSA) is 53.8 Å². The van der Waals surface area contributed by atoms with Gasteiger partial charge in [0.25, 0.3) is 0 Å². The van der Waals surface area contributed by atoms with Crippen LogP contribution in [0.4, 0.5) is 0 Å². The fourth-order valence-electron chi connectivity index (χ4n) is 4.13. The van der Waals surface area contributed by atoms with Crippen molar-refractivity contribution in [3.63, 3.8) is 0 Å². The molecule has 0 unspecified atom stereocenters. The number of furan rings is 1. The lowest BCUT2D eigenvalue weighted by Crippen LogP contribution is -2.61. The summed E-state index contributed by atoms with van der Waals surface area (Å²) in [5, 5.41) is 0. The number of piperidine rings is 2. The van der Waals surface area contributed by atoms with Gasteiger partial charge in [-0.2, -0.15) is 4.31 Å². The third-order valence-corrected chi connectivity index (χ3v) is 6.36. The predicted molar refractivity (Wildman–Crippen MR) is 86.1 cm³/mol. The average Bonchev–Trinajstić information content (AvgIpc) is 2.83. The van der Waals surface area contributed by atoms with Gasteiger partial charge in [0.1, 0.15) is 11.5 Å². The fraction of sp³-hybridized carbons (Fsp3) is 0.750. The minimum atomic E-state index is -3.14. The summed E-state index contributed by atoms with van der Waals surface area (Å²) in [6, 6.07) is 4.00. The monoisotopic (exact) mass is 326 g/mol. The molecule has 0 aliphatic carbocycles. The zero-order valence-corrected chi connectivity index (χ0v) is 14.4. The fourth-order valence-corrected chi connectivity index (χ4v) is 5.53. The molecule has 2 aliphatic heterocycles. The van der Waals surface area contributed by atoms with E-state index in [-0.39, 0.29) is 5.54 Å². The lowest BCUT2D eigenvalue weighted by molar-refractivity contribution is 0.0309. The van der Waals surface area contributed by atoms with E-state index in [1.807, 2.05) is 19.1 Å². The third-order valence-electron chi connectivity index (χ3n) is 4.99. The Bertz CT molecular complexity index is 621. The Morgan fingerprint density at radius 3 is 2.64 bits per heavy atom. The Balaban J connectivity index is 1.78. The maximum atomic E-state index is 12.2. The summed E-state index contributed by atoms with van der Waals surface area (Å²) in [6.45, 7) is 5.23. The van der Waals surface area contributed by atoms with Crippen molar-refractivity contribution < 1.29 is 12.8 Å². The molecule has 0 bridgehead atoms. The first-order valence-electron chi connectivity index (χ1n) is 8.15. The van der Waals surface area contributed by atoms with Gasteiger partial charge in [-0.05, 0) is 51.3 Å². The van der Waals surface area contributed by atoms with Crippen molar-refractivity contribution in [1.29, 1.82) is 0 Å². The van der Waals surface area contributed by atoms with Crippen molar-refractivity contribution in [2.24, 2.45) is 0 Å². The normalized spacial score (nSPS) is 28.3. The molecule has 22 heavy (non-hydrogen) atoms. The predicted octanol–water partition coefficient (Wildman–Crippen LogP) is 2.37. The first kappa shape index (κ1) is 16.0. The van der Waals surface area contributed by atoms with Crippen LogP contribution in [0.2, 0.25) is 0 Å². The molecule has 124 valence electrons. The number of nitrogens with zero attached hydrogens (tertiary/aromatic N) is 2. The maximum Gasteiger partial charge on any atom is 0.211 e. The van der Waals surface area contributed by atoms with Gasteiger partial charge >= 0.3 is 0 Å². The molecule has 2 aliphatic rings. The SMILES string of the molecule is Cc1ccc(CN2CCC[C@]3(CCCCN3S(C)(=O)=O)C2)o1. The number of rotatable bonds is 3. The molecular formula is C16H26N2O3S. The van der Waals surface area contributed by atoms with Crippen LogP contribution in [-0.2, 0) is 16.6 Å². The van der Waals surface area contributed by atoms with E-state index < -0.39 is 10.0 Å². The highest BCUT2D eigenvalue weighted by molar-refractivity contribution is 7.88. The molecule has 0 radical (unpaired) electrons. The molecule has 6 heteroatoms. The molecule has 1 aromatic rings. The largest absolute Gasteiger partial charge is 0.465 e. The van der Waals surface area contributed by atoms with Crippen LogP contribution in [0.5, 0.6) is 0 Å². The van der Waals surface area contributed by atoms with E-state index in [4.69, 9.17) is 4.42 Å². The second kappa shape index (κ2) is 5.98. The van der Waals surface area contributed by atoms with E-state index in [0.29, 0.717) is 6.54 Å². The molecule has 1 spiro atoms. The highest BCUT2D eigenvalue weighted by atomic mass is 32.2. The van der Waals surface area contributed by atoms with Gasteiger partial charge in [0.15, 0.2) is 0 Å². The van der Waals surface area contributed by atoms with E-state index in [1.165, 1.54) is 6.26 Å². The van der Waals surface area contributed by atoms with E-state index in [2.05, 4.69) is 4.90 Å². The zero-order chi connectivity index (χ0) is 15.8. The maximum absolute atomic E-state index is 12.2. The summed E-state index contributed by atoms with van der Waals surface area (Å²) in [6.07, 6.45) is 6.47. The average molecular weight is 326 g/mol. The molecule has 0 saturated carbocycles. The van der Waals surface area contributed by atoms with Crippen molar-refractivity contribution in [2.45, 2.75) is 51.1 Å². The molecule has 0 N–H and O–H groups in total. The number of aryl methyl sites for hydroxylation is 1. The van der Waals surface area contributed by atoms with Crippen molar-refractivity contribution in [2.75, 3.05) is 25.9 Å². The van der Waals surface area contributed by atoms with E-state index in [1.54, 1.807) is 4.31 Å². The van der Waals surface area contributed by atoms with Crippen LogP contribution in [0.3, 0.4) is 0 Å². The smallest absolute Gasteiger partial charge is 0.211 e. The van der Waals surface area contributed by atoms with Gasteiger partial charge in [0.2, 0.25) is 10.0 Å². The quantitative estimate of drug-likeness (QED) is 0.856. The van der Waals surface area contributed by atoms with E-state index >= 15 is 0 Å². The first-order chi connectivity index (χ1) is 10.4. The van der Waals surface area contributed by atoms with Crippen LogP contribution in [0.15, 0.2) is 16.5 Å². The highest BCUT2D eigenvalue weighted by Gasteiger charge is 2.46. The second-order valence-electron chi connectivity index (χ2n) is 6.84. The van der Waals surface area contributed by atoms with Crippen LogP contribution in [-0.4, -0.2) is 49.1 Å². The number of hydrogen-bond donors (Lipinski definition) is 0. The van der Waals surface area contributed by atoms with Crippen LogP contribution in [0.25, 0.3) is 0 Å². The van der Waals surface area contributed by atoms with E-state index in [0.717, 1.165) is 63.3 Å². The summed E-state index contributed by atoms with van der Waals surface area (Å²) in [5.74, 6) is 1.90. The second-order valence-corrected chi connectivity index (χ2v) is 8.75. The van der Waals surface area contributed by atoms with Gasteiger partial charge in [0, 0.05) is 18.6 Å². The molecule has 0 amide bonds. The Hall–Kier alpha value is -0.850. The van der Waals surface area contributed by atoms with Crippen LogP contribution in [0, 0.1) is 6.92 Å². The molecule has 3 rings (SSSR count). The van der Waals surface area contributed by atoms with Crippen molar-refractivity contribution in [3.8, 4) is 0 Å². The first-order valence-corrected chi connectivity index (χ1v) is 9.99. The molecule has 1 aromatic heterocycles. The van der Waals surface area contributed by atoms with Gasteiger partial charge < -0.3 is 4.42 Å². The number of hydrogen-bond acceptors (Lipinski definition) is 4. The summed E-state index contributed by atoms with van der Waals surface area (Å²) in [5.41, 5.74) is -0.203. The van der Waals surface area contributed by atoms with Crippen LogP contribution < -0.4 is 0 Å². The summed E-state index contributed by atoms with van der Waals surface area (Å²) in [7, 11) is -3.14. The van der Waals surface area contributed by atoms with Crippen molar-refractivity contribution in [3.05, 3.63) is 23.7 Å². The molecule has 2 fully saturated rings. The molecule has 0 aromatic carbocycles. The Kier molecular flexibility index (Phi) is 4.36. The molecule has 3 heterocycles. The van der Waals surface area contributed by atoms with Crippen molar-refractivity contribution in [1.82, 2.24) is 9.21 Å². The molecule has 2 saturated heterocycles. The number of sulfonamides is 1.